The standard InChI is InChI=1S/C14H26N2O/c1-16(17-2)13(8-15)14-11-4-9-3-10(6-11)7-12(14)5-9/h9-14H,3-8,15H2,1-2H3. The van der Waals surface area contributed by atoms with Crippen molar-refractivity contribution in [3.63, 3.8) is 0 Å². The molecule has 1 unspecified atom stereocenters. The second-order valence-corrected chi connectivity index (χ2v) is 6.54. The molecule has 0 aromatic rings. The summed E-state index contributed by atoms with van der Waals surface area (Å²) in [5.41, 5.74) is 6.01. The second kappa shape index (κ2) is 4.52. The fraction of sp³-hybridized carbons (Fsp3) is 1.00. The molecule has 0 aliphatic heterocycles. The zero-order chi connectivity index (χ0) is 12.0. The van der Waals surface area contributed by atoms with Gasteiger partial charge in [0.2, 0.25) is 0 Å². The van der Waals surface area contributed by atoms with Crippen molar-refractivity contribution in [2.24, 2.45) is 35.3 Å². The van der Waals surface area contributed by atoms with Crippen LogP contribution in [0.4, 0.5) is 0 Å². The summed E-state index contributed by atoms with van der Waals surface area (Å²) < 4.78 is 0. The van der Waals surface area contributed by atoms with E-state index in [1.807, 2.05) is 12.1 Å². The molecule has 0 aromatic heterocycles. The molecule has 4 bridgehead atoms. The van der Waals surface area contributed by atoms with Crippen molar-refractivity contribution >= 4 is 0 Å². The molecule has 0 radical (unpaired) electrons. The van der Waals surface area contributed by atoms with Crippen LogP contribution in [0.2, 0.25) is 0 Å². The number of rotatable bonds is 4. The van der Waals surface area contributed by atoms with Crippen LogP contribution >= 0.6 is 0 Å². The maximum absolute atomic E-state index is 6.01. The van der Waals surface area contributed by atoms with Crippen LogP contribution in [0.3, 0.4) is 0 Å². The van der Waals surface area contributed by atoms with Gasteiger partial charge < -0.3 is 10.6 Å². The minimum atomic E-state index is 0.426. The van der Waals surface area contributed by atoms with E-state index >= 15 is 0 Å². The predicted molar refractivity (Wildman–Crippen MR) is 68.1 cm³/mol. The lowest BCUT2D eigenvalue weighted by Gasteiger charge is -2.57. The molecule has 17 heavy (non-hydrogen) atoms. The van der Waals surface area contributed by atoms with E-state index in [0.29, 0.717) is 6.04 Å². The molecule has 0 spiro atoms. The molecular weight excluding hydrogens is 212 g/mol. The van der Waals surface area contributed by atoms with Gasteiger partial charge in [0, 0.05) is 13.6 Å². The third kappa shape index (κ3) is 1.92. The smallest absolute Gasteiger partial charge is 0.0575 e. The highest BCUT2D eigenvalue weighted by atomic mass is 16.7. The van der Waals surface area contributed by atoms with Crippen molar-refractivity contribution in [3.05, 3.63) is 0 Å². The molecular formula is C14H26N2O. The van der Waals surface area contributed by atoms with E-state index in [4.69, 9.17) is 10.6 Å². The van der Waals surface area contributed by atoms with Crippen LogP contribution < -0.4 is 5.73 Å². The third-order valence-corrected chi connectivity index (χ3v) is 5.74. The summed E-state index contributed by atoms with van der Waals surface area (Å²) in [5, 5.41) is 2.01. The Morgan fingerprint density at radius 3 is 2.06 bits per heavy atom. The first kappa shape index (κ1) is 11.9. The molecule has 0 aromatic carbocycles. The van der Waals surface area contributed by atoms with Crippen LogP contribution in [0.1, 0.15) is 32.1 Å². The number of nitrogens with zero attached hydrogens (tertiary/aromatic N) is 1. The summed E-state index contributed by atoms with van der Waals surface area (Å²) in [6, 6.07) is 0.426. The first-order valence-electron chi connectivity index (χ1n) is 7.20. The van der Waals surface area contributed by atoms with Crippen molar-refractivity contribution in [1.82, 2.24) is 5.06 Å². The van der Waals surface area contributed by atoms with E-state index in [2.05, 4.69) is 0 Å². The molecule has 3 heteroatoms. The average Bonchev–Trinajstić information content (AvgIpc) is 2.32. The Kier molecular flexibility index (Phi) is 3.18. The van der Waals surface area contributed by atoms with E-state index in [1.165, 1.54) is 32.1 Å². The molecule has 0 amide bonds. The monoisotopic (exact) mass is 238 g/mol. The highest BCUT2D eigenvalue weighted by Crippen LogP contribution is 2.57. The number of likely N-dealkylation sites (N-methyl/N-ethyl adjacent to an activating group) is 1. The van der Waals surface area contributed by atoms with E-state index < -0.39 is 0 Å². The Morgan fingerprint density at radius 2 is 1.65 bits per heavy atom. The maximum Gasteiger partial charge on any atom is 0.0575 e. The molecule has 98 valence electrons. The Labute approximate surface area is 105 Å². The highest BCUT2D eigenvalue weighted by Gasteiger charge is 2.50. The maximum atomic E-state index is 6.01. The lowest BCUT2D eigenvalue weighted by atomic mass is 9.50. The zero-order valence-electron chi connectivity index (χ0n) is 11.1. The fourth-order valence-electron chi connectivity index (χ4n) is 5.28. The van der Waals surface area contributed by atoms with Crippen molar-refractivity contribution in [3.8, 4) is 0 Å². The van der Waals surface area contributed by atoms with Gasteiger partial charge in [-0.3, -0.25) is 0 Å². The highest BCUT2D eigenvalue weighted by molar-refractivity contribution is 5.01. The molecule has 0 saturated heterocycles. The van der Waals surface area contributed by atoms with E-state index in [9.17, 15) is 0 Å². The summed E-state index contributed by atoms with van der Waals surface area (Å²) in [4.78, 5) is 5.41. The van der Waals surface area contributed by atoms with E-state index in [0.717, 1.165) is 36.1 Å². The third-order valence-electron chi connectivity index (χ3n) is 5.74. The Morgan fingerprint density at radius 1 is 1.12 bits per heavy atom. The molecule has 1 atom stereocenters. The van der Waals surface area contributed by atoms with Crippen molar-refractivity contribution < 1.29 is 4.84 Å². The van der Waals surface area contributed by atoms with Gasteiger partial charge in [0.05, 0.1) is 13.2 Å². The minimum absolute atomic E-state index is 0.426. The number of hydrogen-bond acceptors (Lipinski definition) is 3. The molecule has 3 nitrogen and oxygen atoms in total. The molecule has 4 fully saturated rings. The van der Waals surface area contributed by atoms with E-state index in [-0.39, 0.29) is 0 Å². The lowest BCUT2D eigenvalue weighted by molar-refractivity contribution is -0.182. The van der Waals surface area contributed by atoms with Gasteiger partial charge in [0.15, 0.2) is 0 Å². The van der Waals surface area contributed by atoms with E-state index in [1.54, 1.807) is 7.11 Å². The molecule has 4 saturated carbocycles. The van der Waals surface area contributed by atoms with Gasteiger partial charge in [0.25, 0.3) is 0 Å². The minimum Gasteiger partial charge on any atom is -0.329 e. The Hall–Kier alpha value is -0.120. The average molecular weight is 238 g/mol. The fourth-order valence-corrected chi connectivity index (χ4v) is 5.28. The summed E-state index contributed by atoms with van der Waals surface area (Å²) >= 11 is 0. The van der Waals surface area contributed by atoms with Gasteiger partial charge in [-0.2, -0.15) is 5.06 Å². The summed E-state index contributed by atoms with van der Waals surface area (Å²) in [5.74, 6) is 4.73. The number of hydroxylamine groups is 2. The van der Waals surface area contributed by atoms with Gasteiger partial charge in [-0.15, -0.1) is 0 Å². The quantitative estimate of drug-likeness (QED) is 0.760. The molecule has 0 heterocycles. The van der Waals surface area contributed by atoms with Gasteiger partial charge in [-0.1, -0.05) is 0 Å². The van der Waals surface area contributed by atoms with Crippen molar-refractivity contribution in [1.29, 1.82) is 0 Å². The Bertz CT molecular complexity index is 253. The van der Waals surface area contributed by atoms with Crippen molar-refractivity contribution in [2.45, 2.75) is 38.1 Å². The Balaban J connectivity index is 1.78. The number of hydrogen-bond donors (Lipinski definition) is 1. The van der Waals surface area contributed by atoms with Crippen LogP contribution in [0.25, 0.3) is 0 Å². The first-order chi connectivity index (χ1) is 8.22. The predicted octanol–water partition coefficient (Wildman–Crippen LogP) is 1.88. The van der Waals surface area contributed by atoms with Crippen LogP contribution in [-0.4, -0.2) is 31.8 Å². The van der Waals surface area contributed by atoms with Gasteiger partial charge in [0.1, 0.15) is 0 Å². The summed E-state index contributed by atoms with van der Waals surface area (Å²) in [6.45, 7) is 0.733. The zero-order valence-corrected chi connectivity index (χ0v) is 11.1. The lowest BCUT2D eigenvalue weighted by Crippen LogP contribution is -2.55. The summed E-state index contributed by atoms with van der Waals surface area (Å²) in [7, 11) is 3.81. The van der Waals surface area contributed by atoms with Gasteiger partial charge in [-0.25, -0.2) is 0 Å². The van der Waals surface area contributed by atoms with Crippen LogP contribution in [-0.2, 0) is 4.84 Å². The topological polar surface area (TPSA) is 38.5 Å². The second-order valence-electron chi connectivity index (χ2n) is 6.54. The van der Waals surface area contributed by atoms with Gasteiger partial charge >= 0.3 is 0 Å². The molecule has 4 aliphatic carbocycles. The summed E-state index contributed by atoms with van der Waals surface area (Å²) in [6.07, 6.45) is 7.38. The SMILES string of the molecule is CON(C)C(CN)C1C2CC3CC(C2)CC1C3. The molecule has 2 N–H and O–H groups in total. The van der Waals surface area contributed by atoms with Crippen LogP contribution in [0, 0.1) is 29.6 Å². The molecule has 4 rings (SSSR count). The largest absolute Gasteiger partial charge is 0.329 e. The van der Waals surface area contributed by atoms with Crippen molar-refractivity contribution in [2.75, 3.05) is 20.7 Å². The van der Waals surface area contributed by atoms with Crippen LogP contribution in [0.15, 0.2) is 0 Å². The first-order valence-corrected chi connectivity index (χ1v) is 7.20. The van der Waals surface area contributed by atoms with Gasteiger partial charge in [-0.05, 0) is 61.7 Å². The molecule has 4 aliphatic rings. The normalized spacial score (nSPS) is 45.5. The van der Waals surface area contributed by atoms with Crippen LogP contribution in [0.5, 0.6) is 0 Å². The number of nitrogens with two attached hydrogens (primary N) is 1.